The van der Waals surface area contributed by atoms with Crippen LogP contribution in [0.15, 0.2) is 42.6 Å². The van der Waals surface area contributed by atoms with Crippen LogP contribution in [0.5, 0.6) is 5.75 Å². The van der Waals surface area contributed by atoms with Gasteiger partial charge in [-0.1, -0.05) is 12.1 Å². The molecule has 25 heavy (non-hydrogen) atoms. The maximum Gasteiger partial charge on any atom is 0.339 e. The summed E-state index contributed by atoms with van der Waals surface area (Å²) >= 11 is 0. The Labute approximate surface area is 145 Å². The quantitative estimate of drug-likeness (QED) is 0.732. The van der Waals surface area contributed by atoms with Crippen molar-refractivity contribution in [3.05, 3.63) is 59.4 Å². The topological polar surface area (TPSA) is 89.0 Å². The van der Waals surface area contributed by atoms with E-state index in [0.717, 1.165) is 11.3 Å². The van der Waals surface area contributed by atoms with Gasteiger partial charge in [0.15, 0.2) is 0 Å². The highest BCUT2D eigenvalue weighted by Gasteiger charge is 2.17. The van der Waals surface area contributed by atoms with Gasteiger partial charge in [-0.25, -0.2) is 4.79 Å². The first kappa shape index (κ1) is 18.4. The van der Waals surface area contributed by atoms with Gasteiger partial charge in [-0.15, -0.1) is 0 Å². The Kier molecular flexibility index (Phi) is 6.47. The summed E-state index contributed by atoms with van der Waals surface area (Å²) in [6, 6.07) is 10.6. The lowest BCUT2D eigenvalue weighted by molar-refractivity contribution is -0.138. The molecular weight excluding hydrogens is 324 g/mol. The van der Waals surface area contributed by atoms with Crippen LogP contribution in [0.25, 0.3) is 0 Å². The third kappa shape index (κ3) is 5.29. The maximum atomic E-state index is 11.9. The fourth-order valence-corrected chi connectivity index (χ4v) is 2.42. The lowest BCUT2D eigenvalue weighted by Gasteiger charge is -2.21. The van der Waals surface area contributed by atoms with Crippen molar-refractivity contribution < 1.29 is 24.2 Å². The van der Waals surface area contributed by atoms with Gasteiger partial charge in [0.1, 0.15) is 5.75 Å². The van der Waals surface area contributed by atoms with Crippen LogP contribution < -0.4 is 4.74 Å². The van der Waals surface area contributed by atoms with E-state index >= 15 is 0 Å². The molecule has 0 saturated heterocycles. The lowest BCUT2D eigenvalue weighted by Crippen LogP contribution is -2.30. The summed E-state index contributed by atoms with van der Waals surface area (Å²) in [5.74, 6) is -0.724. The zero-order valence-corrected chi connectivity index (χ0v) is 14.1. The molecule has 0 aliphatic carbocycles. The van der Waals surface area contributed by atoms with E-state index in [9.17, 15) is 14.7 Å². The van der Waals surface area contributed by atoms with Gasteiger partial charge in [-0.05, 0) is 29.8 Å². The van der Waals surface area contributed by atoms with Gasteiger partial charge in [0.2, 0.25) is 0 Å². The van der Waals surface area contributed by atoms with Gasteiger partial charge >= 0.3 is 11.9 Å². The molecule has 0 aliphatic rings. The predicted octanol–water partition coefficient (Wildman–Crippen LogP) is 1.96. The monoisotopic (exact) mass is 344 g/mol. The SMILES string of the molecule is COC(=O)c1cccnc1CN(CC(=O)O)Cc1ccc(OC)cc1. The van der Waals surface area contributed by atoms with Gasteiger partial charge in [-0.3, -0.25) is 14.7 Å². The van der Waals surface area contributed by atoms with E-state index in [2.05, 4.69) is 4.98 Å². The second-order valence-corrected chi connectivity index (χ2v) is 5.38. The molecule has 0 fully saturated rings. The molecule has 0 bridgehead atoms. The molecule has 1 N–H and O–H groups in total. The number of carbonyl (C=O) groups excluding carboxylic acids is 1. The molecule has 0 unspecified atom stereocenters. The third-order valence-electron chi connectivity index (χ3n) is 3.59. The summed E-state index contributed by atoms with van der Waals surface area (Å²) in [5.41, 5.74) is 1.73. The lowest BCUT2D eigenvalue weighted by atomic mass is 10.1. The van der Waals surface area contributed by atoms with Crippen LogP contribution >= 0.6 is 0 Å². The zero-order valence-electron chi connectivity index (χ0n) is 14.1. The molecule has 0 atom stereocenters. The molecule has 0 aliphatic heterocycles. The molecule has 0 radical (unpaired) electrons. The Bertz CT molecular complexity index is 731. The number of carboxylic acids is 1. The molecular formula is C18H20N2O5. The fourth-order valence-electron chi connectivity index (χ4n) is 2.42. The van der Waals surface area contributed by atoms with Crippen molar-refractivity contribution in [2.24, 2.45) is 0 Å². The Morgan fingerprint density at radius 2 is 1.84 bits per heavy atom. The second-order valence-electron chi connectivity index (χ2n) is 5.38. The van der Waals surface area contributed by atoms with Crippen molar-refractivity contribution >= 4 is 11.9 Å². The van der Waals surface area contributed by atoms with Crippen LogP contribution in [-0.2, 0) is 22.6 Å². The summed E-state index contributed by atoms with van der Waals surface area (Å²) in [6.45, 7) is 0.431. The van der Waals surface area contributed by atoms with Crippen molar-refractivity contribution in [3.8, 4) is 5.75 Å². The molecule has 1 heterocycles. The Balaban J connectivity index is 2.20. The van der Waals surface area contributed by atoms with Crippen LogP contribution in [0.2, 0.25) is 0 Å². The largest absolute Gasteiger partial charge is 0.497 e. The summed E-state index contributed by atoms with van der Waals surface area (Å²) in [5, 5.41) is 9.17. The minimum absolute atomic E-state index is 0.177. The molecule has 0 saturated carbocycles. The Morgan fingerprint density at radius 1 is 1.12 bits per heavy atom. The Hall–Kier alpha value is -2.93. The van der Waals surface area contributed by atoms with E-state index in [1.807, 2.05) is 24.3 Å². The maximum absolute atomic E-state index is 11.9. The van der Waals surface area contributed by atoms with Crippen LogP contribution in [0.3, 0.4) is 0 Å². The highest BCUT2D eigenvalue weighted by atomic mass is 16.5. The summed E-state index contributed by atoms with van der Waals surface area (Å²) in [4.78, 5) is 28.9. The van der Waals surface area contributed by atoms with Gasteiger partial charge < -0.3 is 14.6 Å². The van der Waals surface area contributed by atoms with Crippen molar-refractivity contribution in [3.63, 3.8) is 0 Å². The van der Waals surface area contributed by atoms with Crippen LogP contribution in [0.1, 0.15) is 21.6 Å². The van der Waals surface area contributed by atoms with E-state index in [1.165, 1.54) is 7.11 Å². The number of aliphatic carboxylic acids is 1. The third-order valence-corrected chi connectivity index (χ3v) is 3.59. The number of pyridine rings is 1. The first-order valence-electron chi connectivity index (χ1n) is 7.62. The number of carboxylic acid groups (broad SMARTS) is 1. The second kappa shape index (κ2) is 8.79. The molecule has 7 heteroatoms. The van der Waals surface area contributed by atoms with Gasteiger partial charge in [0.25, 0.3) is 0 Å². The number of rotatable bonds is 8. The highest BCUT2D eigenvalue weighted by molar-refractivity contribution is 5.90. The van der Waals surface area contributed by atoms with Gasteiger partial charge in [0.05, 0.1) is 32.0 Å². The number of nitrogens with zero attached hydrogens (tertiary/aromatic N) is 2. The van der Waals surface area contributed by atoms with E-state index in [-0.39, 0.29) is 13.1 Å². The summed E-state index contributed by atoms with van der Waals surface area (Å²) in [7, 11) is 2.88. The number of hydrogen-bond acceptors (Lipinski definition) is 6. The molecule has 0 amide bonds. The summed E-state index contributed by atoms with van der Waals surface area (Å²) < 4.78 is 9.88. The number of benzene rings is 1. The number of methoxy groups -OCH3 is 2. The molecule has 132 valence electrons. The van der Waals surface area contributed by atoms with Crippen LogP contribution in [-0.4, -0.2) is 47.7 Å². The van der Waals surface area contributed by atoms with E-state index < -0.39 is 11.9 Å². The molecule has 2 rings (SSSR count). The molecule has 7 nitrogen and oxygen atoms in total. The Morgan fingerprint density at radius 3 is 2.44 bits per heavy atom. The summed E-state index contributed by atoms with van der Waals surface area (Å²) in [6.07, 6.45) is 1.56. The standard InChI is InChI=1S/C18H20N2O5/c1-24-14-7-5-13(6-8-14)10-20(12-17(21)22)11-16-15(18(23)25-2)4-3-9-19-16/h3-9H,10-12H2,1-2H3,(H,21,22). The van der Waals surface area contributed by atoms with Crippen LogP contribution in [0, 0.1) is 0 Å². The van der Waals surface area contributed by atoms with Gasteiger partial charge in [0, 0.05) is 19.3 Å². The predicted molar refractivity (Wildman–Crippen MR) is 90.3 cm³/mol. The van der Waals surface area contributed by atoms with Crippen molar-refractivity contribution in [2.75, 3.05) is 20.8 Å². The number of esters is 1. The molecule has 2 aromatic rings. The van der Waals surface area contributed by atoms with E-state index in [4.69, 9.17) is 9.47 Å². The van der Waals surface area contributed by atoms with Crippen molar-refractivity contribution in [1.29, 1.82) is 0 Å². The number of aromatic nitrogens is 1. The minimum atomic E-state index is -0.955. The minimum Gasteiger partial charge on any atom is -0.497 e. The first-order chi connectivity index (χ1) is 12.0. The average molecular weight is 344 g/mol. The van der Waals surface area contributed by atoms with Crippen molar-refractivity contribution in [2.45, 2.75) is 13.1 Å². The highest BCUT2D eigenvalue weighted by Crippen LogP contribution is 2.16. The normalized spacial score (nSPS) is 10.5. The van der Waals surface area contributed by atoms with Gasteiger partial charge in [-0.2, -0.15) is 0 Å². The fraction of sp³-hybridized carbons (Fsp3) is 0.278. The number of ether oxygens (including phenoxy) is 2. The number of hydrogen-bond donors (Lipinski definition) is 1. The zero-order chi connectivity index (χ0) is 18.2. The van der Waals surface area contributed by atoms with Crippen molar-refractivity contribution in [1.82, 2.24) is 9.88 Å². The molecule has 1 aromatic carbocycles. The average Bonchev–Trinajstić information content (AvgIpc) is 2.61. The van der Waals surface area contributed by atoms with E-state index in [0.29, 0.717) is 17.8 Å². The smallest absolute Gasteiger partial charge is 0.339 e. The van der Waals surface area contributed by atoms with Crippen LogP contribution in [0.4, 0.5) is 0 Å². The first-order valence-corrected chi connectivity index (χ1v) is 7.62. The molecule has 0 spiro atoms. The molecule has 1 aromatic heterocycles. The number of carbonyl (C=O) groups is 2. The van der Waals surface area contributed by atoms with E-state index in [1.54, 1.807) is 30.3 Å².